The van der Waals surface area contributed by atoms with E-state index in [1.807, 2.05) is 41.4 Å². The molecule has 204 valence electrons. The van der Waals surface area contributed by atoms with Gasteiger partial charge in [-0.1, -0.05) is 38.1 Å². The van der Waals surface area contributed by atoms with Gasteiger partial charge in [-0.25, -0.2) is 4.98 Å². The number of rotatable bonds is 9. The van der Waals surface area contributed by atoms with Crippen LogP contribution in [0.3, 0.4) is 0 Å². The molecule has 0 radical (unpaired) electrons. The van der Waals surface area contributed by atoms with Gasteiger partial charge >= 0.3 is 0 Å². The number of aromatic hydroxyl groups is 1. The Morgan fingerprint density at radius 3 is 2.54 bits per heavy atom. The molecule has 3 heterocycles. The molecule has 5 rings (SSSR count). The maximum Gasteiger partial charge on any atom is 0.257 e. The van der Waals surface area contributed by atoms with Crippen molar-refractivity contribution in [2.24, 2.45) is 0 Å². The molecule has 0 aliphatic carbocycles. The van der Waals surface area contributed by atoms with Gasteiger partial charge < -0.3 is 24.6 Å². The number of methoxy groups -OCH3 is 1. The lowest BCUT2D eigenvalue weighted by Gasteiger charge is -2.35. The van der Waals surface area contributed by atoms with Gasteiger partial charge in [-0.05, 0) is 42.9 Å². The molecule has 8 nitrogen and oxygen atoms in total. The molecule has 1 saturated heterocycles. The summed E-state index contributed by atoms with van der Waals surface area (Å²) >= 11 is 0. The number of aromatic amines is 1. The number of piperazine rings is 1. The number of aromatic nitrogens is 2. The normalized spacial score (nSPS) is 14.3. The standard InChI is InChI=1S/C31H37N5O3/c1-4-34(5-2)12-13-35-14-16-36(17-15-35)31(38)26-18-22(10-11-28(26)37)23-19-25-27(21-33-30(25)32-20-23)24-8-6-7-9-29(24)39-3/h6-11,18-21,37H,4-5,12-17H2,1-3H3,(H,32,33). The Morgan fingerprint density at radius 2 is 1.79 bits per heavy atom. The molecule has 1 aliphatic heterocycles. The van der Waals surface area contributed by atoms with Crippen LogP contribution in [0.15, 0.2) is 60.9 Å². The highest BCUT2D eigenvalue weighted by atomic mass is 16.5. The van der Waals surface area contributed by atoms with Crippen LogP contribution in [0.1, 0.15) is 24.2 Å². The van der Waals surface area contributed by atoms with Crippen molar-refractivity contribution in [3.8, 4) is 33.8 Å². The van der Waals surface area contributed by atoms with E-state index in [2.05, 4.69) is 39.7 Å². The number of ether oxygens (including phenoxy) is 1. The van der Waals surface area contributed by atoms with E-state index in [-0.39, 0.29) is 11.7 Å². The number of hydrogen-bond acceptors (Lipinski definition) is 6. The molecule has 1 aliphatic rings. The second-order valence-electron chi connectivity index (χ2n) is 9.92. The number of nitrogens with zero attached hydrogens (tertiary/aromatic N) is 4. The Bertz CT molecular complexity index is 1440. The number of nitrogens with one attached hydrogen (secondary N) is 1. The van der Waals surface area contributed by atoms with Crippen molar-refractivity contribution >= 4 is 16.9 Å². The maximum absolute atomic E-state index is 13.5. The van der Waals surface area contributed by atoms with Crippen molar-refractivity contribution in [1.82, 2.24) is 24.7 Å². The first kappa shape index (κ1) is 26.7. The quantitative estimate of drug-likeness (QED) is 0.328. The Hall–Kier alpha value is -3.88. The molecule has 2 aromatic heterocycles. The van der Waals surface area contributed by atoms with Crippen LogP contribution in [0.5, 0.6) is 11.5 Å². The fourth-order valence-corrected chi connectivity index (χ4v) is 5.31. The fraction of sp³-hybridized carbons (Fsp3) is 0.355. The van der Waals surface area contributed by atoms with Crippen LogP contribution in [0, 0.1) is 0 Å². The number of likely N-dealkylation sites (N-methyl/N-ethyl adjacent to an activating group) is 1. The smallest absolute Gasteiger partial charge is 0.257 e. The number of carbonyl (C=O) groups excluding carboxylic acids is 1. The first-order valence-corrected chi connectivity index (χ1v) is 13.7. The van der Waals surface area contributed by atoms with Gasteiger partial charge in [0.05, 0.1) is 12.7 Å². The van der Waals surface area contributed by atoms with Crippen molar-refractivity contribution in [3.05, 3.63) is 66.5 Å². The first-order chi connectivity index (χ1) is 19.0. The molecule has 4 aromatic rings. The highest BCUT2D eigenvalue weighted by molar-refractivity contribution is 6.00. The second kappa shape index (κ2) is 11.9. The summed E-state index contributed by atoms with van der Waals surface area (Å²) in [6, 6.07) is 15.2. The van der Waals surface area contributed by atoms with Crippen molar-refractivity contribution in [1.29, 1.82) is 0 Å². The highest BCUT2D eigenvalue weighted by Gasteiger charge is 2.24. The average molecular weight is 528 g/mol. The van der Waals surface area contributed by atoms with Crippen LogP contribution in [-0.4, -0.2) is 95.1 Å². The largest absolute Gasteiger partial charge is 0.507 e. The topological polar surface area (TPSA) is 84.9 Å². The van der Waals surface area contributed by atoms with Gasteiger partial charge in [-0.3, -0.25) is 9.69 Å². The van der Waals surface area contributed by atoms with E-state index in [0.29, 0.717) is 18.7 Å². The molecule has 8 heteroatoms. The molecule has 0 atom stereocenters. The zero-order chi connectivity index (χ0) is 27.4. The molecule has 1 amide bonds. The molecule has 0 saturated carbocycles. The molecular formula is C31H37N5O3. The predicted octanol–water partition coefficient (Wildman–Crippen LogP) is 4.71. The van der Waals surface area contributed by atoms with E-state index in [1.165, 1.54) is 0 Å². The Morgan fingerprint density at radius 1 is 1.03 bits per heavy atom. The van der Waals surface area contributed by atoms with Crippen LogP contribution in [0.2, 0.25) is 0 Å². The first-order valence-electron chi connectivity index (χ1n) is 13.7. The third-order valence-electron chi connectivity index (χ3n) is 7.77. The van der Waals surface area contributed by atoms with E-state index in [0.717, 1.165) is 78.3 Å². The number of phenolic OH excluding ortho intramolecular Hbond substituents is 1. The lowest BCUT2D eigenvalue weighted by molar-refractivity contribution is 0.0622. The van der Waals surface area contributed by atoms with Crippen LogP contribution >= 0.6 is 0 Å². The van der Waals surface area contributed by atoms with Crippen molar-refractivity contribution in [2.45, 2.75) is 13.8 Å². The van der Waals surface area contributed by atoms with Crippen molar-refractivity contribution in [2.75, 3.05) is 59.5 Å². The van der Waals surface area contributed by atoms with Crippen LogP contribution in [0.4, 0.5) is 0 Å². The molecule has 1 fully saturated rings. The number of H-pyrrole nitrogens is 1. The van der Waals surface area contributed by atoms with E-state index < -0.39 is 0 Å². The third-order valence-corrected chi connectivity index (χ3v) is 7.77. The lowest BCUT2D eigenvalue weighted by atomic mass is 9.99. The van der Waals surface area contributed by atoms with E-state index in [4.69, 9.17) is 4.74 Å². The number of phenols is 1. The lowest BCUT2D eigenvalue weighted by Crippen LogP contribution is -2.50. The number of amides is 1. The van der Waals surface area contributed by atoms with Crippen molar-refractivity contribution in [3.63, 3.8) is 0 Å². The summed E-state index contributed by atoms with van der Waals surface area (Å²) in [7, 11) is 1.67. The highest BCUT2D eigenvalue weighted by Crippen LogP contribution is 2.36. The summed E-state index contributed by atoms with van der Waals surface area (Å²) in [6.45, 7) is 11.5. The number of benzene rings is 2. The number of fused-ring (bicyclic) bond motifs is 1. The van der Waals surface area contributed by atoms with E-state index >= 15 is 0 Å². The number of pyridine rings is 1. The molecule has 2 aromatic carbocycles. The minimum absolute atomic E-state index is 0.00175. The summed E-state index contributed by atoms with van der Waals surface area (Å²) in [5.41, 5.74) is 4.76. The van der Waals surface area contributed by atoms with Gasteiger partial charge in [0.25, 0.3) is 5.91 Å². The van der Waals surface area contributed by atoms with Gasteiger partial charge in [-0.15, -0.1) is 0 Å². The molecule has 39 heavy (non-hydrogen) atoms. The molecule has 2 N–H and O–H groups in total. The summed E-state index contributed by atoms with van der Waals surface area (Å²) in [5, 5.41) is 11.6. The number of para-hydroxylation sites is 1. The average Bonchev–Trinajstić information content (AvgIpc) is 3.41. The number of hydrogen-bond donors (Lipinski definition) is 2. The van der Waals surface area contributed by atoms with Crippen LogP contribution in [-0.2, 0) is 0 Å². The third kappa shape index (κ3) is 5.62. The van der Waals surface area contributed by atoms with E-state index in [9.17, 15) is 9.90 Å². The SMILES string of the molecule is CCN(CC)CCN1CCN(C(=O)c2cc(-c3cnc4[nH]cc(-c5ccccc5OC)c4c3)ccc2O)CC1. The molecule has 0 bridgehead atoms. The zero-order valence-corrected chi connectivity index (χ0v) is 23.0. The van der Waals surface area contributed by atoms with Crippen LogP contribution < -0.4 is 4.74 Å². The minimum atomic E-state index is -0.136. The molecular weight excluding hydrogens is 490 g/mol. The Labute approximate surface area is 229 Å². The molecule has 0 spiro atoms. The van der Waals surface area contributed by atoms with Gasteiger partial charge in [0.15, 0.2) is 0 Å². The summed E-state index contributed by atoms with van der Waals surface area (Å²) in [5.74, 6) is 0.649. The number of carbonyl (C=O) groups is 1. The van der Waals surface area contributed by atoms with Gasteiger partial charge in [0.1, 0.15) is 17.1 Å². The summed E-state index contributed by atoms with van der Waals surface area (Å²) in [4.78, 5) is 28.0. The Balaban J connectivity index is 1.35. The summed E-state index contributed by atoms with van der Waals surface area (Å²) < 4.78 is 5.58. The van der Waals surface area contributed by atoms with Crippen molar-refractivity contribution < 1.29 is 14.6 Å². The zero-order valence-electron chi connectivity index (χ0n) is 23.0. The monoisotopic (exact) mass is 527 g/mol. The fourth-order valence-electron chi connectivity index (χ4n) is 5.31. The second-order valence-corrected chi connectivity index (χ2v) is 9.92. The van der Waals surface area contributed by atoms with Crippen LogP contribution in [0.25, 0.3) is 33.3 Å². The predicted molar refractivity (Wildman–Crippen MR) is 155 cm³/mol. The molecule has 0 unspecified atom stereocenters. The Kier molecular flexibility index (Phi) is 8.14. The van der Waals surface area contributed by atoms with Gasteiger partial charge in [0.2, 0.25) is 0 Å². The minimum Gasteiger partial charge on any atom is -0.507 e. The maximum atomic E-state index is 13.5. The van der Waals surface area contributed by atoms with Gasteiger partial charge in [-0.2, -0.15) is 0 Å². The van der Waals surface area contributed by atoms with E-state index in [1.54, 1.807) is 25.4 Å². The van der Waals surface area contributed by atoms with Gasteiger partial charge in [0, 0.05) is 73.7 Å². The summed E-state index contributed by atoms with van der Waals surface area (Å²) in [6.07, 6.45) is 3.73.